The number of methoxy groups -OCH3 is 1. The Bertz CT molecular complexity index is 536. The third kappa shape index (κ3) is 3.56. The van der Waals surface area contributed by atoms with Crippen LogP contribution in [0.1, 0.15) is 18.1 Å². The van der Waals surface area contributed by atoms with Gasteiger partial charge in [-0.2, -0.15) is 0 Å². The van der Waals surface area contributed by atoms with E-state index in [0.717, 1.165) is 13.2 Å². The Hall–Kier alpha value is -1.90. The van der Waals surface area contributed by atoms with Crippen molar-refractivity contribution in [3.8, 4) is 0 Å². The van der Waals surface area contributed by atoms with E-state index in [2.05, 4.69) is 4.74 Å². The van der Waals surface area contributed by atoms with Crippen molar-refractivity contribution in [1.29, 1.82) is 0 Å². The quantitative estimate of drug-likeness (QED) is 0.316. The number of nitrogens with zero attached hydrogens (tertiary/aromatic N) is 1. The predicted octanol–water partition coefficient (Wildman–Crippen LogP) is 0.788. The zero-order chi connectivity index (χ0) is 15.4. The number of hydrogen-bond donors (Lipinski definition) is 3. The Labute approximate surface area is 118 Å². The van der Waals surface area contributed by atoms with E-state index in [0.29, 0.717) is 0 Å². The first kappa shape index (κ1) is 16.2. The number of nitro groups is 1. The molecule has 0 spiro atoms. The molecule has 0 aliphatic rings. The fourth-order valence-electron chi connectivity index (χ4n) is 1.59. The van der Waals surface area contributed by atoms with Crippen LogP contribution in [0, 0.1) is 10.1 Å². The number of nitrogens with two attached hydrogens (primary N) is 1. The minimum absolute atomic E-state index is 0.0229. The number of nitro benzene ring substituents is 1. The molecule has 4 N–H and O–H groups in total. The summed E-state index contributed by atoms with van der Waals surface area (Å²) in [6, 6.07) is 2.22. The molecular weight excluding hydrogens is 292 g/mol. The summed E-state index contributed by atoms with van der Waals surface area (Å²) in [5, 5.41) is 30.4. The van der Waals surface area contributed by atoms with Crippen LogP contribution < -0.4 is 5.73 Å². The summed E-state index contributed by atoms with van der Waals surface area (Å²) in [5.41, 5.74) is 4.63. The van der Waals surface area contributed by atoms with E-state index in [1.807, 2.05) is 0 Å². The highest BCUT2D eigenvalue weighted by atomic mass is 35.5. The Balaban J connectivity index is 3.12. The van der Waals surface area contributed by atoms with Crippen LogP contribution in [0.15, 0.2) is 12.1 Å². The van der Waals surface area contributed by atoms with Gasteiger partial charge in [0.15, 0.2) is 0 Å². The molecular formula is C11H13ClN2O6. The summed E-state index contributed by atoms with van der Waals surface area (Å²) < 4.78 is 4.35. The molecule has 110 valence electrons. The van der Waals surface area contributed by atoms with Crippen LogP contribution in [0.5, 0.6) is 0 Å². The van der Waals surface area contributed by atoms with Crippen LogP contribution in [-0.4, -0.2) is 34.3 Å². The highest BCUT2D eigenvalue weighted by molar-refractivity contribution is 6.31. The summed E-state index contributed by atoms with van der Waals surface area (Å²) in [5.74, 6) is -0.744. The molecule has 0 bridgehead atoms. The Morgan fingerprint density at radius 2 is 2.15 bits per heavy atom. The number of rotatable bonds is 5. The van der Waals surface area contributed by atoms with Gasteiger partial charge in [0, 0.05) is 16.7 Å². The lowest BCUT2D eigenvalue weighted by atomic mass is 9.99. The molecule has 2 unspecified atom stereocenters. The number of carbonyl (C=O) groups is 1. The van der Waals surface area contributed by atoms with E-state index in [9.17, 15) is 25.1 Å². The normalized spacial score (nSPS) is 13.6. The second-order valence-corrected chi connectivity index (χ2v) is 4.41. The van der Waals surface area contributed by atoms with E-state index >= 15 is 0 Å². The van der Waals surface area contributed by atoms with Crippen LogP contribution in [-0.2, 0) is 9.53 Å². The van der Waals surface area contributed by atoms with Crippen molar-refractivity contribution in [1.82, 2.24) is 0 Å². The lowest BCUT2D eigenvalue weighted by Crippen LogP contribution is -2.23. The molecule has 0 aliphatic heterocycles. The lowest BCUT2D eigenvalue weighted by Gasteiger charge is -2.19. The number of ether oxygens (including phenoxy) is 1. The number of anilines is 1. The first-order valence-corrected chi connectivity index (χ1v) is 5.82. The molecule has 20 heavy (non-hydrogen) atoms. The van der Waals surface area contributed by atoms with Gasteiger partial charge in [-0.1, -0.05) is 11.6 Å². The first-order chi connectivity index (χ1) is 9.27. The average molecular weight is 305 g/mol. The molecule has 9 heteroatoms. The minimum Gasteiger partial charge on any atom is -0.469 e. The van der Waals surface area contributed by atoms with Crippen molar-refractivity contribution < 1.29 is 24.7 Å². The number of aliphatic hydroxyl groups excluding tert-OH is 2. The van der Waals surface area contributed by atoms with Crippen molar-refractivity contribution >= 4 is 28.9 Å². The molecule has 1 rings (SSSR count). The second kappa shape index (κ2) is 6.51. The standard InChI is InChI=1S/C11H13ClN2O6/c1-20-9(16)4-8(15)11(17)6-2-5(12)3-7(10(6)13)14(18)19/h2-3,8,11,15,17H,4,13H2,1H3. The zero-order valence-corrected chi connectivity index (χ0v) is 11.2. The smallest absolute Gasteiger partial charge is 0.308 e. The SMILES string of the molecule is COC(=O)CC(O)C(O)c1cc(Cl)cc([N+](=O)[O-])c1N. The van der Waals surface area contributed by atoms with Gasteiger partial charge in [0.25, 0.3) is 5.69 Å². The van der Waals surface area contributed by atoms with Crippen LogP contribution in [0.25, 0.3) is 0 Å². The van der Waals surface area contributed by atoms with Crippen molar-refractivity contribution in [2.24, 2.45) is 0 Å². The fraction of sp³-hybridized carbons (Fsp3) is 0.364. The van der Waals surface area contributed by atoms with Gasteiger partial charge < -0.3 is 20.7 Å². The van der Waals surface area contributed by atoms with E-state index in [1.165, 1.54) is 6.07 Å². The highest BCUT2D eigenvalue weighted by Gasteiger charge is 2.27. The third-order valence-electron chi connectivity index (χ3n) is 2.64. The number of benzene rings is 1. The van der Waals surface area contributed by atoms with E-state index in [-0.39, 0.29) is 16.3 Å². The van der Waals surface area contributed by atoms with E-state index < -0.39 is 35.2 Å². The maximum Gasteiger partial charge on any atom is 0.308 e. The van der Waals surface area contributed by atoms with Crippen molar-refractivity contribution in [2.45, 2.75) is 18.6 Å². The van der Waals surface area contributed by atoms with Crippen molar-refractivity contribution in [3.05, 3.63) is 32.8 Å². The molecule has 0 radical (unpaired) electrons. The van der Waals surface area contributed by atoms with Crippen molar-refractivity contribution in [2.75, 3.05) is 12.8 Å². The van der Waals surface area contributed by atoms with Gasteiger partial charge in [0.2, 0.25) is 0 Å². The monoisotopic (exact) mass is 304 g/mol. The molecule has 0 amide bonds. The zero-order valence-electron chi connectivity index (χ0n) is 10.4. The Morgan fingerprint density at radius 3 is 2.65 bits per heavy atom. The van der Waals surface area contributed by atoms with Gasteiger partial charge >= 0.3 is 5.97 Å². The number of esters is 1. The van der Waals surface area contributed by atoms with E-state index in [4.69, 9.17) is 17.3 Å². The highest BCUT2D eigenvalue weighted by Crippen LogP contribution is 2.34. The fourth-order valence-corrected chi connectivity index (χ4v) is 1.81. The van der Waals surface area contributed by atoms with Crippen molar-refractivity contribution in [3.63, 3.8) is 0 Å². The summed E-state index contributed by atoms with van der Waals surface area (Å²) in [7, 11) is 1.13. The lowest BCUT2D eigenvalue weighted by molar-refractivity contribution is -0.384. The molecule has 1 aromatic rings. The van der Waals surface area contributed by atoms with Gasteiger partial charge in [0.1, 0.15) is 11.8 Å². The largest absolute Gasteiger partial charge is 0.469 e. The maximum atomic E-state index is 11.0. The van der Waals surface area contributed by atoms with Crippen LogP contribution >= 0.6 is 11.6 Å². The average Bonchev–Trinajstić information content (AvgIpc) is 2.39. The summed E-state index contributed by atoms with van der Waals surface area (Å²) in [6.07, 6.45) is -3.62. The number of hydrogen-bond acceptors (Lipinski definition) is 7. The topological polar surface area (TPSA) is 136 Å². The first-order valence-electron chi connectivity index (χ1n) is 5.44. The molecule has 8 nitrogen and oxygen atoms in total. The van der Waals surface area contributed by atoms with Crippen LogP contribution in [0.4, 0.5) is 11.4 Å². The number of nitrogen functional groups attached to an aromatic ring is 1. The molecule has 1 aromatic carbocycles. The maximum absolute atomic E-state index is 11.0. The number of halogens is 1. The van der Waals surface area contributed by atoms with Crippen LogP contribution in [0.2, 0.25) is 5.02 Å². The summed E-state index contributed by atoms with van der Waals surface area (Å²) >= 11 is 5.70. The number of aliphatic hydroxyl groups is 2. The van der Waals surface area contributed by atoms with Gasteiger partial charge in [-0.05, 0) is 6.07 Å². The van der Waals surface area contributed by atoms with Crippen LogP contribution in [0.3, 0.4) is 0 Å². The third-order valence-corrected chi connectivity index (χ3v) is 2.86. The molecule has 2 atom stereocenters. The Morgan fingerprint density at radius 1 is 1.55 bits per heavy atom. The van der Waals surface area contributed by atoms with Gasteiger partial charge in [-0.25, -0.2) is 0 Å². The molecule has 0 aliphatic carbocycles. The van der Waals surface area contributed by atoms with Gasteiger partial charge in [-0.3, -0.25) is 14.9 Å². The molecule has 0 saturated heterocycles. The minimum atomic E-state index is -1.61. The second-order valence-electron chi connectivity index (χ2n) is 3.98. The van der Waals surface area contributed by atoms with Gasteiger partial charge in [0.05, 0.1) is 24.6 Å². The molecule has 0 aromatic heterocycles. The summed E-state index contributed by atoms with van der Waals surface area (Å²) in [6.45, 7) is 0. The molecule has 0 heterocycles. The summed E-state index contributed by atoms with van der Waals surface area (Å²) in [4.78, 5) is 21.1. The predicted molar refractivity (Wildman–Crippen MR) is 70.1 cm³/mol. The van der Waals surface area contributed by atoms with E-state index in [1.54, 1.807) is 0 Å². The molecule has 0 saturated carbocycles. The van der Waals surface area contributed by atoms with Gasteiger partial charge in [-0.15, -0.1) is 0 Å². The number of carbonyl (C=O) groups excluding carboxylic acids is 1. The Kier molecular flexibility index (Phi) is 5.26. The molecule has 0 fully saturated rings.